The van der Waals surface area contributed by atoms with Crippen LogP contribution < -0.4 is 0 Å². The number of pyridine rings is 2. The molecule has 2 atom stereocenters. The number of carbonyl (C=O) groups is 1. The maximum Gasteiger partial charge on any atom is 0.272 e. The second-order valence-electron chi connectivity index (χ2n) is 9.36. The van der Waals surface area contributed by atoms with Crippen molar-refractivity contribution in [3.05, 3.63) is 65.4 Å². The number of imidazole rings is 1. The fourth-order valence-corrected chi connectivity index (χ4v) is 5.24. The molecule has 2 aliphatic rings. The van der Waals surface area contributed by atoms with E-state index in [9.17, 15) is 4.79 Å². The molecule has 7 nitrogen and oxygen atoms in total. The lowest BCUT2D eigenvalue weighted by molar-refractivity contribution is 0.0773. The Morgan fingerprint density at radius 3 is 2.84 bits per heavy atom. The molecule has 3 aromatic rings. The molecule has 0 saturated carbocycles. The van der Waals surface area contributed by atoms with Crippen LogP contribution in [0.15, 0.2) is 42.7 Å². The molecular weight excluding hydrogens is 400 g/mol. The molecule has 168 valence electrons. The van der Waals surface area contributed by atoms with Crippen molar-refractivity contribution in [2.24, 2.45) is 0 Å². The number of aryl methyl sites for hydroxylation is 1. The molecule has 0 bridgehead atoms. The zero-order chi connectivity index (χ0) is 22.2. The van der Waals surface area contributed by atoms with Gasteiger partial charge in [0.15, 0.2) is 0 Å². The highest BCUT2D eigenvalue weighted by molar-refractivity contribution is 5.95. The largest absolute Gasteiger partial charge is 0.336 e. The number of hydrogen-bond acceptors (Lipinski definition) is 5. The predicted octanol–water partition coefficient (Wildman–Crippen LogP) is 3.01. The number of carbonyl (C=O) groups excluding carboxylic acids is 1. The van der Waals surface area contributed by atoms with Crippen LogP contribution in [0.25, 0.3) is 5.65 Å². The van der Waals surface area contributed by atoms with E-state index in [2.05, 4.69) is 37.0 Å². The second-order valence-corrected chi connectivity index (χ2v) is 9.36. The van der Waals surface area contributed by atoms with Gasteiger partial charge in [-0.2, -0.15) is 0 Å². The molecule has 1 fully saturated rings. The van der Waals surface area contributed by atoms with Crippen LogP contribution in [0.4, 0.5) is 0 Å². The molecule has 1 aliphatic carbocycles. The lowest BCUT2D eigenvalue weighted by Gasteiger charge is -2.32. The molecule has 1 aliphatic heterocycles. The van der Waals surface area contributed by atoms with E-state index in [0.717, 1.165) is 50.1 Å². The molecule has 0 aromatic carbocycles. The van der Waals surface area contributed by atoms with E-state index < -0.39 is 0 Å². The summed E-state index contributed by atoms with van der Waals surface area (Å²) in [5.41, 5.74) is 4.88. The molecule has 0 radical (unpaired) electrons. The van der Waals surface area contributed by atoms with E-state index in [1.165, 1.54) is 11.3 Å². The number of hydrogen-bond donors (Lipinski definition) is 0. The predicted molar refractivity (Wildman–Crippen MR) is 125 cm³/mol. The Balaban J connectivity index is 1.45. The highest BCUT2D eigenvalue weighted by Crippen LogP contribution is 2.33. The van der Waals surface area contributed by atoms with Gasteiger partial charge < -0.3 is 9.80 Å². The van der Waals surface area contributed by atoms with E-state index in [4.69, 9.17) is 9.97 Å². The zero-order valence-corrected chi connectivity index (χ0v) is 19.2. The Bertz CT molecular complexity index is 1120. The van der Waals surface area contributed by atoms with E-state index in [1.807, 2.05) is 46.0 Å². The average Bonchev–Trinajstić information content (AvgIpc) is 3.43. The van der Waals surface area contributed by atoms with E-state index in [0.29, 0.717) is 18.3 Å². The van der Waals surface area contributed by atoms with Crippen molar-refractivity contribution in [1.29, 1.82) is 0 Å². The molecule has 7 heteroatoms. The number of likely N-dealkylation sites (tertiary alicyclic amines) is 1. The third kappa shape index (κ3) is 3.80. The van der Waals surface area contributed by atoms with Gasteiger partial charge in [0.25, 0.3) is 5.91 Å². The first-order chi connectivity index (χ1) is 15.5. The molecule has 32 heavy (non-hydrogen) atoms. The molecule has 0 N–H and O–H groups in total. The van der Waals surface area contributed by atoms with Crippen LogP contribution in [0.5, 0.6) is 0 Å². The number of rotatable bonds is 5. The quantitative estimate of drug-likeness (QED) is 0.620. The monoisotopic (exact) mass is 432 g/mol. The lowest BCUT2D eigenvalue weighted by Crippen LogP contribution is -2.36. The standard InChI is InChI=1S/C25H32N6O/c1-28(2)19-12-15-30(16-19)25(32)24-20(27-22-11-4-5-14-31(22)24)17-29(3)21-10-6-8-18-9-7-13-26-23(18)21/h4-5,7,9,11,13-14,19,21H,6,8,10,12,15-17H2,1-3H3/t19?,21-/m0/s1. The van der Waals surface area contributed by atoms with Gasteiger partial charge in [-0.3, -0.25) is 19.1 Å². The average molecular weight is 433 g/mol. The van der Waals surface area contributed by atoms with Gasteiger partial charge >= 0.3 is 0 Å². The number of fused-ring (bicyclic) bond motifs is 2. The molecule has 1 saturated heterocycles. The van der Waals surface area contributed by atoms with Crippen LogP contribution in [0, 0.1) is 0 Å². The van der Waals surface area contributed by atoms with E-state index in [-0.39, 0.29) is 11.9 Å². The van der Waals surface area contributed by atoms with Crippen LogP contribution in [0.1, 0.15) is 52.7 Å². The lowest BCUT2D eigenvalue weighted by atomic mass is 9.91. The smallest absolute Gasteiger partial charge is 0.272 e. The first kappa shape index (κ1) is 21.1. The molecule has 1 amide bonds. The highest BCUT2D eigenvalue weighted by Gasteiger charge is 2.33. The summed E-state index contributed by atoms with van der Waals surface area (Å²) in [4.78, 5) is 29.8. The number of aromatic nitrogens is 3. The first-order valence-electron chi connectivity index (χ1n) is 11.6. The highest BCUT2D eigenvalue weighted by atomic mass is 16.2. The molecule has 3 aromatic heterocycles. The van der Waals surface area contributed by atoms with Crippen LogP contribution >= 0.6 is 0 Å². The molecule has 0 spiro atoms. The Morgan fingerprint density at radius 1 is 1.16 bits per heavy atom. The number of amides is 1. The maximum absolute atomic E-state index is 13.7. The summed E-state index contributed by atoms with van der Waals surface area (Å²) in [6, 6.07) is 10.8. The normalized spacial score (nSPS) is 21.0. The third-order valence-corrected chi connectivity index (χ3v) is 7.08. The molecule has 4 heterocycles. The van der Waals surface area contributed by atoms with Crippen LogP contribution in [-0.2, 0) is 13.0 Å². The van der Waals surface area contributed by atoms with Gasteiger partial charge in [-0.15, -0.1) is 0 Å². The number of nitrogens with zero attached hydrogens (tertiary/aromatic N) is 6. The molecular formula is C25H32N6O. The first-order valence-corrected chi connectivity index (χ1v) is 11.6. The van der Waals surface area contributed by atoms with Gasteiger partial charge in [0.05, 0.1) is 17.4 Å². The minimum absolute atomic E-state index is 0.0821. The maximum atomic E-state index is 13.7. The van der Waals surface area contributed by atoms with Crippen molar-refractivity contribution in [3.63, 3.8) is 0 Å². The topological polar surface area (TPSA) is 57.0 Å². The van der Waals surface area contributed by atoms with Crippen LogP contribution in [0.2, 0.25) is 0 Å². The Morgan fingerprint density at radius 2 is 2.03 bits per heavy atom. The van der Waals surface area contributed by atoms with Crippen molar-refractivity contribution >= 4 is 11.6 Å². The second kappa shape index (κ2) is 8.64. The Hall–Kier alpha value is -2.77. The van der Waals surface area contributed by atoms with Gasteiger partial charge in [-0.05, 0) is 70.6 Å². The summed E-state index contributed by atoms with van der Waals surface area (Å²) in [6.07, 6.45) is 8.18. The SMILES string of the molecule is CN(C)C1CCN(C(=O)c2c(CN(C)[C@H]3CCCc4cccnc43)nc3ccccn23)C1. The summed E-state index contributed by atoms with van der Waals surface area (Å²) < 4.78 is 1.96. The third-order valence-electron chi connectivity index (χ3n) is 7.08. The van der Waals surface area contributed by atoms with Crippen LogP contribution in [0.3, 0.4) is 0 Å². The zero-order valence-electron chi connectivity index (χ0n) is 19.2. The Labute approximate surface area is 189 Å². The minimum atomic E-state index is 0.0821. The van der Waals surface area contributed by atoms with E-state index in [1.54, 1.807) is 0 Å². The molecule has 1 unspecified atom stereocenters. The molecule has 5 rings (SSSR count). The summed E-state index contributed by atoms with van der Waals surface area (Å²) in [5.74, 6) is 0.0821. The van der Waals surface area contributed by atoms with Crippen molar-refractivity contribution in [3.8, 4) is 0 Å². The fraction of sp³-hybridized carbons (Fsp3) is 0.480. The number of likely N-dealkylation sites (N-methyl/N-ethyl adjacent to an activating group) is 1. The van der Waals surface area contributed by atoms with Crippen molar-refractivity contribution < 1.29 is 4.79 Å². The summed E-state index contributed by atoms with van der Waals surface area (Å²) in [6.45, 7) is 2.17. The summed E-state index contributed by atoms with van der Waals surface area (Å²) in [5, 5.41) is 0. The fourth-order valence-electron chi connectivity index (χ4n) is 5.24. The van der Waals surface area contributed by atoms with Gasteiger partial charge in [-0.1, -0.05) is 12.1 Å². The van der Waals surface area contributed by atoms with Gasteiger partial charge in [0.2, 0.25) is 0 Å². The van der Waals surface area contributed by atoms with Gasteiger partial charge in [0.1, 0.15) is 11.3 Å². The van der Waals surface area contributed by atoms with Gasteiger partial charge in [-0.25, -0.2) is 4.98 Å². The van der Waals surface area contributed by atoms with Crippen molar-refractivity contribution in [2.45, 2.75) is 44.3 Å². The van der Waals surface area contributed by atoms with Gasteiger partial charge in [0, 0.05) is 38.1 Å². The van der Waals surface area contributed by atoms with Crippen LogP contribution in [-0.4, -0.2) is 75.2 Å². The van der Waals surface area contributed by atoms with Crippen molar-refractivity contribution in [1.82, 2.24) is 29.1 Å². The Kier molecular flexibility index (Phi) is 5.69. The summed E-state index contributed by atoms with van der Waals surface area (Å²) in [7, 11) is 6.30. The van der Waals surface area contributed by atoms with E-state index >= 15 is 0 Å². The minimum Gasteiger partial charge on any atom is -0.336 e. The summed E-state index contributed by atoms with van der Waals surface area (Å²) >= 11 is 0. The van der Waals surface area contributed by atoms with Crippen molar-refractivity contribution in [2.75, 3.05) is 34.2 Å².